The molecule has 1 rings (SSSR count). The summed E-state index contributed by atoms with van der Waals surface area (Å²) < 4.78 is 5.45. The molecule has 117 valence electrons. The molecular formula is C18H33O2. The van der Waals surface area contributed by atoms with Gasteiger partial charge in [-0.15, -0.1) is 0 Å². The quantitative estimate of drug-likeness (QED) is 0.344. The first-order chi connectivity index (χ1) is 9.83. The maximum absolute atomic E-state index is 11.6. The molecule has 0 amide bonds. The molecule has 1 aliphatic carbocycles. The molecule has 0 aromatic heterocycles. The van der Waals surface area contributed by atoms with Crippen LogP contribution in [-0.4, -0.2) is 12.1 Å². The van der Waals surface area contributed by atoms with E-state index in [-0.39, 0.29) is 12.1 Å². The van der Waals surface area contributed by atoms with Crippen LogP contribution in [0.3, 0.4) is 0 Å². The first kappa shape index (κ1) is 17.5. The van der Waals surface area contributed by atoms with Gasteiger partial charge in [-0.25, -0.2) is 0 Å². The highest BCUT2D eigenvalue weighted by molar-refractivity contribution is 5.69. The minimum absolute atomic E-state index is 0.0325. The van der Waals surface area contributed by atoms with Crippen LogP contribution in [0.5, 0.6) is 0 Å². The Bertz CT molecular complexity index is 232. The summed E-state index contributed by atoms with van der Waals surface area (Å²) in [6.45, 7) is 3.86. The molecule has 0 heterocycles. The van der Waals surface area contributed by atoms with E-state index in [0.29, 0.717) is 6.42 Å². The van der Waals surface area contributed by atoms with E-state index < -0.39 is 0 Å². The summed E-state index contributed by atoms with van der Waals surface area (Å²) in [6.07, 6.45) is 18.0. The number of esters is 1. The molecule has 0 saturated heterocycles. The molecule has 2 heteroatoms. The molecule has 1 radical (unpaired) electrons. The normalized spacial score (nSPS) is 15.7. The molecule has 20 heavy (non-hydrogen) atoms. The first-order valence-corrected chi connectivity index (χ1v) is 8.81. The minimum atomic E-state index is 0.0325. The van der Waals surface area contributed by atoms with E-state index in [9.17, 15) is 4.79 Å². The Morgan fingerprint density at radius 3 is 1.90 bits per heavy atom. The molecule has 1 fully saturated rings. The van der Waals surface area contributed by atoms with Gasteiger partial charge in [0.2, 0.25) is 0 Å². The van der Waals surface area contributed by atoms with Crippen LogP contribution >= 0.6 is 0 Å². The van der Waals surface area contributed by atoms with Crippen molar-refractivity contribution in [1.82, 2.24) is 0 Å². The fourth-order valence-electron chi connectivity index (χ4n) is 2.93. The zero-order chi connectivity index (χ0) is 14.5. The third kappa shape index (κ3) is 9.39. The predicted molar refractivity (Wildman–Crippen MR) is 84.5 cm³/mol. The molecule has 0 atom stereocenters. The van der Waals surface area contributed by atoms with Gasteiger partial charge < -0.3 is 4.74 Å². The average Bonchev–Trinajstić information content (AvgIpc) is 2.93. The molecule has 0 N–H and O–H groups in total. The van der Waals surface area contributed by atoms with Gasteiger partial charge in [-0.1, -0.05) is 64.7 Å². The SMILES string of the molecule is [CH2]CCCCCCCCCCCC(=O)OC1CCCC1. The molecule has 1 saturated carbocycles. The summed E-state index contributed by atoms with van der Waals surface area (Å²) in [6, 6.07) is 0. The van der Waals surface area contributed by atoms with Crippen molar-refractivity contribution in [3.05, 3.63) is 6.92 Å². The van der Waals surface area contributed by atoms with E-state index in [1.165, 1.54) is 64.2 Å². The maximum Gasteiger partial charge on any atom is 0.306 e. The molecular weight excluding hydrogens is 248 g/mol. The van der Waals surface area contributed by atoms with Crippen LogP contribution in [0.1, 0.15) is 96.3 Å². The smallest absolute Gasteiger partial charge is 0.306 e. The molecule has 0 aromatic rings. The van der Waals surface area contributed by atoms with Crippen LogP contribution in [0.2, 0.25) is 0 Å². The fraction of sp³-hybridized carbons (Fsp3) is 0.889. The Morgan fingerprint density at radius 1 is 0.850 bits per heavy atom. The Kier molecular flexibility index (Phi) is 10.7. The molecule has 2 nitrogen and oxygen atoms in total. The largest absolute Gasteiger partial charge is 0.462 e. The third-order valence-corrected chi connectivity index (χ3v) is 4.23. The van der Waals surface area contributed by atoms with Crippen LogP contribution in [0.25, 0.3) is 0 Å². The molecule has 0 unspecified atom stereocenters. The van der Waals surface area contributed by atoms with Crippen molar-refractivity contribution in [2.24, 2.45) is 0 Å². The van der Waals surface area contributed by atoms with Gasteiger partial charge in [0.15, 0.2) is 0 Å². The van der Waals surface area contributed by atoms with Crippen LogP contribution in [0.4, 0.5) is 0 Å². The zero-order valence-electron chi connectivity index (χ0n) is 13.2. The van der Waals surface area contributed by atoms with Crippen molar-refractivity contribution in [1.29, 1.82) is 0 Å². The number of ether oxygens (including phenoxy) is 1. The number of hydrogen-bond donors (Lipinski definition) is 0. The van der Waals surface area contributed by atoms with E-state index >= 15 is 0 Å². The van der Waals surface area contributed by atoms with Crippen LogP contribution in [-0.2, 0) is 9.53 Å². The number of rotatable bonds is 12. The summed E-state index contributed by atoms with van der Waals surface area (Å²) >= 11 is 0. The van der Waals surface area contributed by atoms with Gasteiger partial charge in [-0.3, -0.25) is 4.79 Å². The Morgan fingerprint density at radius 2 is 1.35 bits per heavy atom. The highest BCUT2D eigenvalue weighted by atomic mass is 16.5. The van der Waals surface area contributed by atoms with Crippen LogP contribution < -0.4 is 0 Å². The van der Waals surface area contributed by atoms with Gasteiger partial charge in [-0.2, -0.15) is 0 Å². The van der Waals surface area contributed by atoms with Crippen molar-refractivity contribution < 1.29 is 9.53 Å². The van der Waals surface area contributed by atoms with Crippen LogP contribution in [0.15, 0.2) is 0 Å². The third-order valence-electron chi connectivity index (χ3n) is 4.23. The van der Waals surface area contributed by atoms with E-state index in [1.807, 2.05) is 0 Å². The Labute approximate surface area is 125 Å². The van der Waals surface area contributed by atoms with Crippen molar-refractivity contribution in [2.45, 2.75) is 102 Å². The van der Waals surface area contributed by atoms with Gasteiger partial charge in [0.25, 0.3) is 0 Å². The van der Waals surface area contributed by atoms with Crippen LogP contribution in [0, 0.1) is 6.92 Å². The molecule has 0 aromatic carbocycles. The van der Waals surface area contributed by atoms with Gasteiger partial charge in [0, 0.05) is 6.42 Å². The number of carbonyl (C=O) groups excluding carboxylic acids is 1. The lowest BCUT2D eigenvalue weighted by molar-refractivity contribution is -0.148. The molecule has 0 spiro atoms. The second kappa shape index (κ2) is 12.2. The van der Waals surface area contributed by atoms with Crippen molar-refractivity contribution in [2.75, 3.05) is 0 Å². The highest BCUT2D eigenvalue weighted by Crippen LogP contribution is 2.21. The average molecular weight is 281 g/mol. The Hall–Kier alpha value is -0.530. The maximum atomic E-state index is 11.6. The summed E-state index contributed by atoms with van der Waals surface area (Å²) in [4.78, 5) is 11.6. The molecule has 0 bridgehead atoms. The predicted octanol–water partition coefficient (Wildman–Crippen LogP) is 5.60. The van der Waals surface area contributed by atoms with E-state index in [4.69, 9.17) is 4.74 Å². The highest BCUT2D eigenvalue weighted by Gasteiger charge is 2.18. The summed E-state index contributed by atoms with van der Waals surface area (Å²) in [5, 5.41) is 0. The second-order valence-electron chi connectivity index (χ2n) is 6.18. The van der Waals surface area contributed by atoms with Crippen molar-refractivity contribution >= 4 is 5.97 Å². The monoisotopic (exact) mass is 281 g/mol. The van der Waals surface area contributed by atoms with Gasteiger partial charge in [0.1, 0.15) is 6.10 Å². The standard InChI is InChI=1S/C18H33O2/c1-2-3-4-5-6-7-8-9-10-11-16-18(19)20-17-14-12-13-15-17/h17H,1-16H2. The number of hydrogen-bond acceptors (Lipinski definition) is 2. The van der Waals surface area contributed by atoms with Crippen molar-refractivity contribution in [3.63, 3.8) is 0 Å². The summed E-state index contributed by atoms with van der Waals surface area (Å²) in [7, 11) is 0. The van der Waals surface area contributed by atoms with E-state index in [2.05, 4.69) is 6.92 Å². The zero-order valence-corrected chi connectivity index (χ0v) is 13.2. The first-order valence-electron chi connectivity index (χ1n) is 8.81. The second-order valence-corrected chi connectivity index (χ2v) is 6.18. The van der Waals surface area contributed by atoms with Gasteiger partial charge in [-0.05, 0) is 32.1 Å². The van der Waals surface area contributed by atoms with Crippen molar-refractivity contribution in [3.8, 4) is 0 Å². The summed E-state index contributed by atoms with van der Waals surface area (Å²) in [5.41, 5.74) is 0. The number of carbonyl (C=O) groups is 1. The van der Waals surface area contributed by atoms with E-state index in [1.54, 1.807) is 0 Å². The minimum Gasteiger partial charge on any atom is -0.462 e. The topological polar surface area (TPSA) is 26.3 Å². The number of unbranched alkanes of at least 4 members (excludes halogenated alkanes) is 9. The van der Waals surface area contributed by atoms with Gasteiger partial charge >= 0.3 is 5.97 Å². The Balaban J connectivity index is 1.78. The summed E-state index contributed by atoms with van der Waals surface area (Å²) in [5.74, 6) is 0.0325. The fourth-order valence-corrected chi connectivity index (χ4v) is 2.93. The molecule has 0 aliphatic heterocycles. The lowest BCUT2D eigenvalue weighted by Gasteiger charge is -2.10. The van der Waals surface area contributed by atoms with Gasteiger partial charge in [0.05, 0.1) is 0 Å². The lowest BCUT2D eigenvalue weighted by atomic mass is 10.1. The lowest BCUT2D eigenvalue weighted by Crippen LogP contribution is -2.14. The van der Waals surface area contributed by atoms with E-state index in [0.717, 1.165) is 25.7 Å². The molecule has 1 aliphatic rings.